The Bertz CT molecular complexity index is 1650. The summed E-state index contributed by atoms with van der Waals surface area (Å²) in [4.78, 5) is 27.9. The number of amides is 1. The molecule has 1 spiro atoms. The van der Waals surface area contributed by atoms with Crippen LogP contribution in [0.2, 0.25) is 0 Å². The van der Waals surface area contributed by atoms with Gasteiger partial charge in [-0.3, -0.25) is 9.69 Å². The van der Waals surface area contributed by atoms with Crippen LogP contribution in [-0.4, -0.2) is 114 Å². The van der Waals surface area contributed by atoms with Crippen molar-refractivity contribution in [3.05, 3.63) is 42.1 Å². The van der Waals surface area contributed by atoms with Crippen LogP contribution in [0.15, 0.2) is 30.7 Å². The van der Waals surface area contributed by atoms with Crippen molar-refractivity contribution < 1.29 is 41.0 Å². The number of nitrogens with zero attached hydrogens (tertiary/aromatic N) is 5. The van der Waals surface area contributed by atoms with E-state index in [0.29, 0.717) is 38.3 Å². The number of carbonyl (C=O) groups is 1. The molecule has 3 saturated heterocycles. The summed E-state index contributed by atoms with van der Waals surface area (Å²) in [7, 11) is -3.43. The number of hydrogen-bond donors (Lipinski definition) is 2. The molecule has 0 radical (unpaired) electrons. The molecule has 16 heteroatoms. The number of carbonyl (C=O) groups excluding carboxylic acids is 1. The summed E-state index contributed by atoms with van der Waals surface area (Å²) >= 11 is 0. The fourth-order valence-electron chi connectivity index (χ4n) is 7.45. The third kappa shape index (κ3) is 7.88. The number of halogens is 3. The second-order valence-corrected chi connectivity index (χ2v) is 17.3. The smallest absolute Gasteiger partial charge is 0.258 e. The fourth-order valence-corrected chi connectivity index (χ4v) is 8.37. The maximum atomic E-state index is 14.5. The van der Waals surface area contributed by atoms with Crippen molar-refractivity contribution in [3.63, 3.8) is 0 Å². The monoisotopic (exact) mass is 724 g/mol. The van der Waals surface area contributed by atoms with Crippen molar-refractivity contribution in [1.29, 1.82) is 0 Å². The van der Waals surface area contributed by atoms with Crippen LogP contribution in [0.4, 0.5) is 19.0 Å². The van der Waals surface area contributed by atoms with Gasteiger partial charge in [-0.2, -0.15) is 0 Å². The number of β-amino-alcohol motifs (C(OH)–C–C–N with tert-alkyl or cyclic N) is 1. The molecule has 2 atom stereocenters. The van der Waals surface area contributed by atoms with Gasteiger partial charge in [-0.05, 0) is 78.2 Å². The summed E-state index contributed by atoms with van der Waals surface area (Å²) in [6, 6.07) is 2.20. The van der Waals surface area contributed by atoms with E-state index in [1.807, 2.05) is 0 Å². The van der Waals surface area contributed by atoms with E-state index >= 15 is 0 Å². The topological polar surface area (TPSA) is 137 Å². The molecular weight excluding hydrogens is 677 g/mol. The van der Waals surface area contributed by atoms with Gasteiger partial charge in [0.1, 0.15) is 17.9 Å². The maximum Gasteiger partial charge on any atom is 0.258 e. The van der Waals surface area contributed by atoms with Crippen LogP contribution in [-0.2, 0) is 14.8 Å². The Labute approximate surface area is 291 Å². The predicted octanol–water partition coefficient (Wildman–Crippen LogP) is 4.15. The van der Waals surface area contributed by atoms with Gasteiger partial charge in [0.05, 0.1) is 30.2 Å². The largest absolute Gasteiger partial charge is 0.451 e. The van der Waals surface area contributed by atoms with Crippen molar-refractivity contribution >= 4 is 21.7 Å². The maximum absolute atomic E-state index is 14.5. The Balaban J connectivity index is 1.05. The molecule has 12 nitrogen and oxygen atoms in total. The lowest BCUT2D eigenvalue weighted by molar-refractivity contribution is -0.239. The van der Waals surface area contributed by atoms with E-state index in [0.717, 1.165) is 32.0 Å². The van der Waals surface area contributed by atoms with Gasteiger partial charge < -0.3 is 24.4 Å². The number of alkyl halides is 2. The quantitative estimate of drug-likeness (QED) is 0.348. The molecule has 276 valence electrons. The Morgan fingerprint density at radius 1 is 1.14 bits per heavy atom. The van der Waals surface area contributed by atoms with E-state index in [4.69, 9.17) is 9.47 Å². The third-order valence-electron chi connectivity index (χ3n) is 10.4. The number of nitrogens with one attached hydrogen (secondary N) is 1. The van der Waals surface area contributed by atoms with Gasteiger partial charge in [-0.15, -0.1) is 0 Å². The summed E-state index contributed by atoms with van der Waals surface area (Å²) in [6.45, 7) is 10.1. The van der Waals surface area contributed by atoms with Gasteiger partial charge in [-0.1, -0.05) is 0 Å². The number of piperidine rings is 1. The molecule has 1 amide bonds. The lowest BCUT2D eigenvalue weighted by Gasteiger charge is -2.55. The first-order valence-electron chi connectivity index (χ1n) is 17.3. The molecule has 1 aromatic carbocycles. The molecule has 0 bridgehead atoms. The average molecular weight is 725 g/mol. The lowest BCUT2D eigenvalue weighted by Crippen LogP contribution is -2.62. The molecule has 1 saturated carbocycles. The number of hydrogen-bond acceptors (Lipinski definition) is 10. The fraction of sp³-hybridized carbons (Fsp3) is 0.676. The van der Waals surface area contributed by atoms with Gasteiger partial charge in [-0.25, -0.2) is 36.3 Å². The summed E-state index contributed by atoms with van der Waals surface area (Å²) in [6.07, 6.45) is 4.62. The normalized spacial score (nSPS) is 25.4. The summed E-state index contributed by atoms with van der Waals surface area (Å²) < 4.78 is 81.0. The van der Waals surface area contributed by atoms with Gasteiger partial charge in [0.2, 0.25) is 10.0 Å². The molecule has 50 heavy (non-hydrogen) atoms. The highest BCUT2D eigenvalue weighted by atomic mass is 32.2. The van der Waals surface area contributed by atoms with Crippen molar-refractivity contribution in [2.24, 2.45) is 5.41 Å². The Morgan fingerprint density at radius 3 is 2.44 bits per heavy atom. The number of aromatic nitrogens is 2. The van der Waals surface area contributed by atoms with Crippen LogP contribution in [0.5, 0.6) is 11.5 Å². The highest BCUT2D eigenvalue weighted by molar-refractivity contribution is 7.90. The van der Waals surface area contributed by atoms with E-state index in [1.165, 1.54) is 29.6 Å². The molecule has 0 unspecified atom stereocenters. The Hall–Kier alpha value is -3.05. The number of sulfonamides is 1. The first-order valence-corrected chi connectivity index (χ1v) is 18.8. The summed E-state index contributed by atoms with van der Waals surface area (Å²) in [5.41, 5.74) is -0.0265. The zero-order valence-corrected chi connectivity index (χ0v) is 29.8. The SMILES string of the molecule is CC(C)N(C(=O)c1cc(F)ccc1Oc1cncnc1N1CC2(CCN(C[C@@]3(O)CC[C@@H](NS(=O)(=O)C(C)C)CO3)CC2)C1)C1CC(F)(F)C1. The zero-order valence-electron chi connectivity index (χ0n) is 28.9. The van der Waals surface area contributed by atoms with E-state index in [-0.39, 0.29) is 41.2 Å². The van der Waals surface area contributed by atoms with E-state index in [1.54, 1.807) is 27.7 Å². The van der Waals surface area contributed by atoms with Crippen molar-refractivity contribution in [2.45, 2.75) is 101 Å². The Morgan fingerprint density at radius 2 is 1.84 bits per heavy atom. The number of likely N-dealkylation sites (tertiary alicyclic amines) is 1. The lowest BCUT2D eigenvalue weighted by atomic mass is 9.72. The molecule has 2 aromatic rings. The number of aliphatic hydroxyl groups is 1. The minimum atomic E-state index is -3.43. The van der Waals surface area contributed by atoms with Crippen molar-refractivity contribution in [2.75, 3.05) is 44.2 Å². The van der Waals surface area contributed by atoms with Crippen molar-refractivity contribution in [1.82, 2.24) is 24.5 Å². The highest BCUT2D eigenvalue weighted by Gasteiger charge is 2.50. The van der Waals surface area contributed by atoms with Gasteiger partial charge in [0.25, 0.3) is 11.8 Å². The first-order chi connectivity index (χ1) is 23.5. The summed E-state index contributed by atoms with van der Waals surface area (Å²) in [5.74, 6) is -4.49. The molecule has 1 aromatic heterocycles. The molecule has 3 aliphatic heterocycles. The standard InChI is InChI=1S/C34H47F3N6O6S/c1-22(2)43(26-14-33(36,37)15-26)31(44)27-13-24(35)5-6-28(27)49-29-16-38-21-39-30(29)42-18-32(19-42)9-11-41(12-10-32)20-34(45)8-7-25(17-48-34)40-50(46,47)23(3)4/h5-6,13,16,21-23,25-26,40,45H,7-12,14-15,17-20H2,1-4H3/t25-,34-/m1/s1. The highest BCUT2D eigenvalue weighted by Crippen LogP contribution is 2.46. The summed E-state index contributed by atoms with van der Waals surface area (Å²) in [5, 5.41) is 10.6. The molecule has 4 aliphatic rings. The Kier molecular flexibility index (Phi) is 10.2. The van der Waals surface area contributed by atoms with Crippen LogP contribution in [0.1, 0.15) is 76.6 Å². The number of rotatable bonds is 11. The third-order valence-corrected chi connectivity index (χ3v) is 12.3. The molecule has 6 rings (SSSR count). The molecule has 1 aliphatic carbocycles. The second-order valence-electron chi connectivity index (χ2n) is 15.0. The minimum Gasteiger partial charge on any atom is -0.451 e. The van der Waals surface area contributed by atoms with E-state index in [2.05, 4.69) is 24.5 Å². The van der Waals surface area contributed by atoms with Crippen LogP contribution in [0.25, 0.3) is 0 Å². The van der Waals surface area contributed by atoms with Crippen LogP contribution in [0.3, 0.4) is 0 Å². The number of benzene rings is 1. The predicted molar refractivity (Wildman–Crippen MR) is 179 cm³/mol. The second kappa shape index (κ2) is 13.8. The number of ether oxygens (including phenoxy) is 2. The molecule has 4 heterocycles. The molecular formula is C34H47F3N6O6S. The average Bonchev–Trinajstić information content (AvgIpc) is 3.02. The van der Waals surface area contributed by atoms with E-state index in [9.17, 15) is 31.5 Å². The minimum absolute atomic E-state index is 0.0363. The molecule has 4 fully saturated rings. The van der Waals surface area contributed by atoms with Gasteiger partial charge in [0, 0.05) is 55.9 Å². The van der Waals surface area contributed by atoms with Gasteiger partial charge >= 0.3 is 0 Å². The van der Waals surface area contributed by atoms with E-state index < -0.39 is 57.6 Å². The van der Waals surface area contributed by atoms with Crippen LogP contribution >= 0.6 is 0 Å². The molecule has 2 N–H and O–H groups in total. The van der Waals surface area contributed by atoms with Gasteiger partial charge in [0.15, 0.2) is 17.4 Å². The van der Waals surface area contributed by atoms with Crippen LogP contribution < -0.4 is 14.4 Å². The van der Waals surface area contributed by atoms with Crippen LogP contribution in [0, 0.1) is 11.2 Å². The first kappa shape index (κ1) is 36.7. The number of anilines is 1. The van der Waals surface area contributed by atoms with Crippen molar-refractivity contribution in [3.8, 4) is 11.5 Å². The zero-order chi connectivity index (χ0) is 36.1.